The Hall–Kier alpha value is -3.16. The van der Waals surface area contributed by atoms with Crippen molar-refractivity contribution >= 4 is 39.5 Å². The maximum atomic E-state index is 13.8. The predicted molar refractivity (Wildman–Crippen MR) is 170 cm³/mol. The van der Waals surface area contributed by atoms with E-state index < -0.39 is 18.0 Å². The molecule has 3 heterocycles. The van der Waals surface area contributed by atoms with Crippen molar-refractivity contribution in [3.8, 4) is 0 Å². The van der Waals surface area contributed by atoms with E-state index in [1.54, 1.807) is 11.1 Å². The standard InChI is InChI=1S/C32H36BrClF3N7O2/c33-21-14-20-7-6-19-15-22(34)8-9-25(19)28(27(20)39-16-21)43-12-13-44(31(46)42-23-4-2-1-3-5-23)26(18-43)29(45)38-11-10-24-17-40-30(41-24)32(35,36)37/h8-9,14-17,23,26,28H,1-7,10-13,18H2,(H,38,45)(H,40,41)(H,42,46)/t26-,28?/m1/s1. The van der Waals surface area contributed by atoms with Gasteiger partial charge in [-0.15, -0.1) is 0 Å². The number of fused-ring (bicyclic) bond motifs is 2. The van der Waals surface area contributed by atoms with Gasteiger partial charge in [0.1, 0.15) is 6.04 Å². The van der Waals surface area contributed by atoms with Crippen LogP contribution in [0.5, 0.6) is 0 Å². The number of benzene rings is 1. The topological polar surface area (TPSA) is 106 Å². The van der Waals surface area contributed by atoms with Crippen molar-refractivity contribution in [1.29, 1.82) is 0 Å². The molecule has 3 aliphatic rings. The molecule has 246 valence electrons. The van der Waals surface area contributed by atoms with Crippen LogP contribution in [0.2, 0.25) is 5.02 Å². The van der Waals surface area contributed by atoms with E-state index in [9.17, 15) is 22.8 Å². The average molecular weight is 723 g/mol. The molecule has 1 aromatic carbocycles. The molecule has 1 unspecified atom stereocenters. The Morgan fingerprint density at radius 2 is 1.83 bits per heavy atom. The summed E-state index contributed by atoms with van der Waals surface area (Å²) in [6, 6.07) is 6.67. The van der Waals surface area contributed by atoms with E-state index in [1.807, 2.05) is 18.2 Å². The molecule has 0 radical (unpaired) electrons. The first-order valence-corrected chi connectivity index (χ1v) is 16.9. The number of hydrogen-bond donors (Lipinski definition) is 3. The van der Waals surface area contributed by atoms with Crippen LogP contribution in [-0.2, 0) is 30.2 Å². The van der Waals surface area contributed by atoms with Gasteiger partial charge >= 0.3 is 12.2 Å². The zero-order valence-electron chi connectivity index (χ0n) is 25.2. The quantitative estimate of drug-likeness (QED) is 0.298. The summed E-state index contributed by atoms with van der Waals surface area (Å²) in [6.45, 7) is 1.16. The number of rotatable bonds is 6. The first kappa shape index (κ1) is 32.8. The molecule has 6 rings (SSSR count). The number of aromatic nitrogens is 3. The Balaban J connectivity index is 1.25. The molecule has 2 aromatic heterocycles. The van der Waals surface area contributed by atoms with Crippen molar-refractivity contribution < 1.29 is 22.8 Å². The van der Waals surface area contributed by atoms with Crippen LogP contribution in [0.15, 0.2) is 41.1 Å². The Kier molecular flexibility index (Phi) is 9.91. The van der Waals surface area contributed by atoms with Crippen LogP contribution in [0.25, 0.3) is 0 Å². The van der Waals surface area contributed by atoms with Crippen molar-refractivity contribution in [2.24, 2.45) is 0 Å². The second kappa shape index (κ2) is 13.9. The Morgan fingerprint density at radius 3 is 2.59 bits per heavy atom. The van der Waals surface area contributed by atoms with Gasteiger partial charge in [-0.25, -0.2) is 9.78 Å². The van der Waals surface area contributed by atoms with E-state index in [1.165, 1.54) is 0 Å². The third-order valence-electron chi connectivity index (χ3n) is 9.15. The second-order valence-electron chi connectivity index (χ2n) is 12.2. The summed E-state index contributed by atoms with van der Waals surface area (Å²) >= 11 is 9.97. The summed E-state index contributed by atoms with van der Waals surface area (Å²) in [5, 5.41) is 6.68. The lowest BCUT2D eigenvalue weighted by Crippen LogP contribution is -2.63. The number of nitrogens with zero attached hydrogens (tertiary/aromatic N) is 4. The molecule has 46 heavy (non-hydrogen) atoms. The van der Waals surface area contributed by atoms with Gasteiger partial charge in [0.2, 0.25) is 11.7 Å². The van der Waals surface area contributed by atoms with E-state index in [-0.39, 0.29) is 49.2 Å². The van der Waals surface area contributed by atoms with Gasteiger partial charge in [0, 0.05) is 66.2 Å². The third-order valence-corrected chi connectivity index (χ3v) is 9.82. The summed E-state index contributed by atoms with van der Waals surface area (Å²) in [4.78, 5) is 41.8. The number of imidazole rings is 1. The highest BCUT2D eigenvalue weighted by molar-refractivity contribution is 9.10. The van der Waals surface area contributed by atoms with E-state index >= 15 is 0 Å². The molecule has 1 saturated carbocycles. The molecule has 0 bridgehead atoms. The van der Waals surface area contributed by atoms with Crippen molar-refractivity contribution in [1.82, 2.24) is 35.4 Å². The fourth-order valence-electron chi connectivity index (χ4n) is 6.86. The van der Waals surface area contributed by atoms with Crippen LogP contribution in [0.3, 0.4) is 0 Å². The minimum atomic E-state index is -4.58. The van der Waals surface area contributed by atoms with E-state index in [0.29, 0.717) is 18.1 Å². The summed E-state index contributed by atoms with van der Waals surface area (Å²) in [5.41, 5.74) is 4.44. The van der Waals surface area contributed by atoms with Crippen LogP contribution >= 0.6 is 27.5 Å². The molecule has 1 saturated heterocycles. The second-order valence-corrected chi connectivity index (χ2v) is 13.6. The van der Waals surface area contributed by atoms with Gasteiger partial charge in [0.05, 0.1) is 11.7 Å². The fraction of sp³-hybridized carbons (Fsp3) is 0.500. The number of aryl methyl sites for hydroxylation is 2. The first-order chi connectivity index (χ1) is 22.1. The average Bonchev–Trinajstić information content (AvgIpc) is 3.46. The number of carbonyl (C=O) groups is 2. The number of alkyl halides is 3. The van der Waals surface area contributed by atoms with Gasteiger partial charge in [-0.2, -0.15) is 13.2 Å². The number of H-pyrrole nitrogens is 1. The van der Waals surface area contributed by atoms with Gasteiger partial charge in [-0.3, -0.25) is 14.7 Å². The SMILES string of the molecule is O=C(NCCc1cnc(C(F)(F)F)[nH]1)[C@H]1CN(C2c3ccc(Cl)cc3CCc3cc(Br)cnc32)CCN1C(=O)NC1CCCCC1. The summed E-state index contributed by atoms with van der Waals surface area (Å²) in [7, 11) is 0. The Bertz CT molecular complexity index is 1530. The number of pyridine rings is 1. The summed E-state index contributed by atoms with van der Waals surface area (Å²) < 4.78 is 39.9. The maximum Gasteiger partial charge on any atom is 0.449 e. The van der Waals surface area contributed by atoms with Gasteiger partial charge < -0.3 is 20.5 Å². The van der Waals surface area contributed by atoms with Gasteiger partial charge in [0.25, 0.3) is 0 Å². The molecule has 3 aromatic rings. The molecular weight excluding hydrogens is 687 g/mol. The number of hydrogen-bond acceptors (Lipinski definition) is 5. The van der Waals surface area contributed by atoms with E-state index in [0.717, 1.165) is 78.0 Å². The molecule has 3 amide bonds. The smallest absolute Gasteiger partial charge is 0.354 e. The lowest BCUT2D eigenvalue weighted by atomic mass is 9.95. The number of urea groups is 1. The molecule has 9 nitrogen and oxygen atoms in total. The summed E-state index contributed by atoms with van der Waals surface area (Å²) in [6.07, 6.45) is 5.10. The minimum absolute atomic E-state index is 0.0687. The van der Waals surface area contributed by atoms with E-state index in [2.05, 4.69) is 47.5 Å². The molecule has 0 spiro atoms. The van der Waals surface area contributed by atoms with Crippen LogP contribution in [0, 0.1) is 0 Å². The molecule has 2 aliphatic carbocycles. The highest BCUT2D eigenvalue weighted by Gasteiger charge is 2.41. The van der Waals surface area contributed by atoms with Gasteiger partial charge in [-0.05, 0) is 76.5 Å². The number of nitrogens with one attached hydrogen (secondary N) is 3. The van der Waals surface area contributed by atoms with Crippen LogP contribution in [0.1, 0.15) is 72.0 Å². The normalized spacial score (nSPS) is 20.8. The van der Waals surface area contributed by atoms with Crippen LogP contribution in [-0.4, -0.2) is 75.0 Å². The van der Waals surface area contributed by atoms with Crippen molar-refractivity contribution in [2.45, 2.75) is 75.7 Å². The molecular formula is C32H36BrClF3N7O2. The Morgan fingerprint density at radius 1 is 1.04 bits per heavy atom. The molecule has 1 aliphatic heterocycles. The highest BCUT2D eigenvalue weighted by Crippen LogP contribution is 2.38. The summed E-state index contributed by atoms with van der Waals surface area (Å²) in [5.74, 6) is -1.44. The first-order valence-electron chi connectivity index (χ1n) is 15.7. The monoisotopic (exact) mass is 721 g/mol. The lowest BCUT2D eigenvalue weighted by Gasteiger charge is -2.44. The number of aromatic amines is 1. The molecule has 3 N–H and O–H groups in total. The molecule has 14 heteroatoms. The Labute approximate surface area is 278 Å². The fourth-order valence-corrected chi connectivity index (χ4v) is 7.43. The predicted octanol–water partition coefficient (Wildman–Crippen LogP) is 5.81. The molecule has 2 atom stereocenters. The van der Waals surface area contributed by atoms with Crippen molar-refractivity contribution in [2.75, 3.05) is 26.2 Å². The zero-order valence-corrected chi connectivity index (χ0v) is 27.5. The molecule has 2 fully saturated rings. The zero-order chi connectivity index (χ0) is 32.4. The van der Waals surface area contributed by atoms with Crippen LogP contribution in [0.4, 0.5) is 18.0 Å². The third kappa shape index (κ3) is 7.36. The number of amides is 3. The largest absolute Gasteiger partial charge is 0.449 e. The van der Waals surface area contributed by atoms with Crippen molar-refractivity contribution in [3.05, 3.63) is 80.1 Å². The lowest BCUT2D eigenvalue weighted by molar-refractivity contribution is -0.144. The number of piperazine rings is 1. The van der Waals surface area contributed by atoms with Crippen molar-refractivity contribution in [3.63, 3.8) is 0 Å². The highest BCUT2D eigenvalue weighted by atomic mass is 79.9. The van der Waals surface area contributed by atoms with E-state index in [4.69, 9.17) is 16.6 Å². The minimum Gasteiger partial charge on any atom is -0.354 e. The van der Waals surface area contributed by atoms with Gasteiger partial charge in [0.15, 0.2) is 0 Å². The van der Waals surface area contributed by atoms with Gasteiger partial charge in [-0.1, -0.05) is 36.9 Å². The number of carbonyl (C=O) groups excluding carboxylic acids is 2. The van der Waals surface area contributed by atoms with Crippen LogP contribution < -0.4 is 10.6 Å². The number of halogens is 5. The maximum absolute atomic E-state index is 13.8.